The quantitative estimate of drug-likeness (QED) is 0.147. The van der Waals surface area contributed by atoms with Crippen LogP contribution in [0.5, 0.6) is 11.5 Å². The van der Waals surface area contributed by atoms with E-state index in [0.29, 0.717) is 11.1 Å². The summed E-state index contributed by atoms with van der Waals surface area (Å²) < 4.78 is 0. The van der Waals surface area contributed by atoms with Gasteiger partial charge < -0.3 is 37.0 Å². The van der Waals surface area contributed by atoms with Crippen molar-refractivity contribution in [3.05, 3.63) is 95.6 Å². The van der Waals surface area contributed by atoms with Crippen molar-refractivity contribution in [3.63, 3.8) is 0 Å². The summed E-state index contributed by atoms with van der Waals surface area (Å²) in [5.74, 6) is -3.47. The molecule has 11 heteroatoms. The molecule has 3 aromatic rings. The first-order chi connectivity index (χ1) is 20.4. The van der Waals surface area contributed by atoms with Gasteiger partial charge in [0.2, 0.25) is 17.7 Å². The fraction of sp³-hybridized carbons (Fsp3) is 0.312. The third-order valence-corrected chi connectivity index (χ3v) is 6.88. The van der Waals surface area contributed by atoms with Crippen LogP contribution in [-0.2, 0) is 38.4 Å². The molecule has 4 atom stereocenters. The number of nitrogens with two attached hydrogens (primary N) is 1. The molecule has 0 radical (unpaired) electrons. The molecule has 8 N–H and O–H groups in total. The van der Waals surface area contributed by atoms with E-state index in [1.165, 1.54) is 24.3 Å². The molecule has 4 unspecified atom stereocenters. The Morgan fingerprint density at radius 2 is 1.09 bits per heavy atom. The van der Waals surface area contributed by atoms with E-state index in [2.05, 4.69) is 16.0 Å². The molecule has 0 bridgehead atoms. The van der Waals surface area contributed by atoms with Gasteiger partial charge in [-0.15, -0.1) is 0 Å². The highest BCUT2D eigenvalue weighted by Crippen LogP contribution is 2.14. The molecule has 11 nitrogen and oxygen atoms in total. The van der Waals surface area contributed by atoms with Crippen molar-refractivity contribution in [2.75, 3.05) is 0 Å². The average Bonchev–Trinajstić information content (AvgIpc) is 2.97. The molecule has 3 amide bonds. The highest BCUT2D eigenvalue weighted by atomic mass is 16.4. The third-order valence-electron chi connectivity index (χ3n) is 6.88. The summed E-state index contributed by atoms with van der Waals surface area (Å²) in [7, 11) is 0. The smallest absolute Gasteiger partial charge is 0.326 e. The maximum atomic E-state index is 13.6. The number of rotatable bonds is 14. The lowest BCUT2D eigenvalue weighted by Crippen LogP contribution is -2.59. The normalized spacial score (nSPS) is 13.8. The minimum Gasteiger partial charge on any atom is -0.508 e. The van der Waals surface area contributed by atoms with Gasteiger partial charge in [-0.1, -0.05) is 68.4 Å². The minimum atomic E-state index is -1.22. The molecule has 0 fully saturated rings. The third kappa shape index (κ3) is 10.2. The Hall–Kier alpha value is -4.90. The summed E-state index contributed by atoms with van der Waals surface area (Å²) in [5.41, 5.74) is 8.19. The van der Waals surface area contributed by atoms with Crippen LogP contribution in [0.4, 0.5) is 0 Å². The van der Waals surface area contributed by atoms with E-state index >= 15 is 0 Å². The number of aromatic hydroxyl groups is 2. The van der Waals surface area contributed by atoms with Crippen LogP contribution in [0.2, 0.25) is 0 Å². The van der Waals surface area contributed by atoms with Crippen LogP contribution in [0.3, 0.4) is 0 Å². The van der Waals surface area contributed by atoms with Gasteiger partial charge in [-0.05, 0) is 53.3 Å². The molecule has 3 rings (SSSR count). The topological polar surface area (TPSA) is 191 Å². The molecule has 0 aliphatic carbocycles. The number of carboxylic acid groups (broad SMARTS) is 1. The predicted molar refractivity (Wildman–Crippen MR) is 160 cm³/mol. The van der Waals surface area contributed by atoms with E-state index in [4.69, 9.17) is 5.73 Å². The van der Waals surface area contributed by atoms with Gasteiger partial charge in [0.1, 0.15) is 29.6 Å². The van der Waals surface area contributed by atoms with Crippen LogP contribution < -0.4 is 21.7 Å². The lowest BCUT2D eigenvalue weighted by Gasteiger charge is -2.27. The molecule has 0 saturated heterocycles. The van der Waals surface area contributed by atoms with Crippen molar-refractivity contribution in [1.29, 1.82) is 0 Å². The van der Waals surface area contributed by atoms with Gasteiger partial charge in [0, 0.05) is 12.8 Å². The van der Waals surface area contributed by atoms with E-state index in [9.17, 15) is 34.5 Å². The van der Waals surface area contributed by atoms with Crippen LogP contribution in [0.1, 0.15) is 30.5 Å². The maximum Gasteiger partial charge on any atom is 0.326 e. The van der Waals surface area contributed by atoms with E-state index in [-0.39, 0.29) is 30.8 Å². The van der Waals surface area contributed by atoms with Crippen molar-refractivity contribution in [2.24, 2.45) is 11.7 Å². The lowest BCUT2D eigenvalue weighted by atomic mass is 9.99. The van der Waals surface area contributed by atoms with Crippen LogP contribution in [0.15, 0.2) is 78.9 Å². The van der Waals surface area contributed by atoms with Crippen LogP contribution >= 0.6 is 0 Å². The number of carbonyl (C=O) groups is 4. The Kier molecular flexibility index (Phi) is 11.7. The Morgan fingerprint density at radius 1 is 0.628 bits per heavy atom. The molecule has 0 heterocycles. The fourth-order valence-corrected chi connectivity index (χ4v) is 4.43. The van der Waals surface area contributed by atoms with Gasteiger partial charge in [-0.2, -0.15) is 0 Å². The molecule has 228 valence electrons. The molecule has 3 aromatic carbocycles. The van der Waals surface area contributed by atoms with E-state index in [1.807, 2.05) is 0 Å². The number of benzene rings is 3. The van der Waals surface area contributed by atoms with Crippen molar-refractivity contribution >= 4 is 23.7 Å². The Balaban J connectivity index is 1.75. The van der Waals surface area contributed by atoms with E-state index < -0.39 is 53.8 Å². The van der Waals surface area contributed by atoms with Crippen molar-refractivity contribution in [2.45, 2.75) is 57.3 Å². The van der Waals surface area contributed by atoms with Crippen LogP contribution in [-0.4, -0.2) is 63.2 Å². The zero-order chi connectivity index (χ0) is 31.5. The molecule has 0 aromatic heterocycles. The number of amides is 3. The highest BCUT2D eigenvalue weighted by molar-refractivity contribution is 5.94. The van der Waals surface area contributed by atoms with Crippen LogP contribution in [0.25, 0.3) is 0 Å². The van der Waals surface area contributed by atoms with Gasteiger partial charge in [0.15, 0.2) is 0 Å². The van der Waals surface area contributed by atoms with Crippen molar-refractivity contribution in [3.8, 4) is 11.5 Å². The summed E-state index contributed by atoms with van der Waals surface area (Å²) in [4.78, 5) is 51.8. The number of aliphatic carboxylic acids is 1. The monoisotopic (exact) mass is 590 g/mol. The lowest BCUT2D eigenvalue weighted by molar-refractivity contribution is -0.142. The summed E-state index contributed by atoms with van der Waals surface area (Å²) >= 11 is 0. The largest absolute Gasteiger partial charge is 0.508 e. The number of hydrogen-bond donors (Lipinski definition) is 7. The van der Waals surface area contributed by atoms with Gasteiger partial charge in [-0.25, -0.2) is 4.79 Å². The molecule has 0 saturated carbocycles. The molecule has 43 heavy (non-hydrogen) atoms. The zero-order valence-corrected chi connectivity index (χ0v) is 24.1. The molecular weight excluding hydrogens is 552 g/mol. The zero-order valence-electron chi connectivity index (χ0n) is 24.1. The van der Waals surface area contributed by atoms with Crippen molar-refractivity contribution < 1.29 is 34.5 Å². The van der Waals surface area contributed by atoms with Gasteiger partial charge >= 0.3 is 5.97 Å². The first-order valence-electron chi connectivity index (χ1n) is 13.9. The van der Waals surface area contributed by atoms with Gasteiger partial charge in [0.25, 0.3) is 0 Å². The summed E-state index contributed by atoms with van der Waals surface area (Å²) in [6.07, 6.45) is 0.232. The maximum absolute atomic E-state index is 13.6. The predicted octanol–water partition coefficient (Wildman–Crippen LogP) is 1.65. The van der Waals surface area contributed by atoms with Gasteiger partial charge in [0.05, 0.1) is 6.04 Å². The SMILES string of the molecule is CC(C)C(NC(=O)C(Cc1ccc(O)cc1)NC(=O)C(N)Cc1ccc(O)cc1)C(=O)NC(Cc1ccccc1)C(=O)O. The number of carbonyl (C=O) groups excluding carboxylic acids is 3. The first-order valence-corrected chi connectivity index (χ1v) is 13.9. The second kappa shape index (κ2) is 15.4. The molecule has 0 aliphatic rings. The number of hydrogen-bond acceptors (Lipinski definition) is 7. The standard InChI is InChI=1S/C32H38N4O7/c1-19(2)28(31(41)35-27(32(42)43)18-20-6-4-3-5-7-20)36-30(40)26(17-22-10-14-24(38)15-11-22)34-29(39)25(33)16-21-8-12-23(37)13-9-21/h3-15,19,25-28,37-38H,16-18,33H2,1-2H3,(H,34,39)(H,35,41)(H,36,40)(H,42,43). The Bertz CT molecular complexity index is 1380. The molecule has 0 spiro atoms. The van der Waals surface area contributed by atoms with Gasteiger partial charge in [-0.3, -0.25) is 14.4 Å². The fourth-order valence-electron chi connectivity index (χ4n) is 4.43. The van der Waals surface area contributed by atoms with E-state index in [0.717, 1.165) is 5.56 Å². The number of nitrogens with one attached hydrogen (secondary N) is 3. The minimum absolute atomic E-state index is 0.0297. The molecular formula is C32H38N4O7. The number of phenolic OH excluding ortho intramolecular Hbond substituents is 2. The Labute approximate surface area is 250 Å². The Morgan fingerprint density at radius 3 is 1.60 bits per heavy atom. The van der Waals surface area contributed by atoms with E-state index in [1.54, 1.807) is 68.4 Å². The second-order valence-electron chi connectivity index (χ2n) is 10.7. The first kappa shape index (κ1) is 32.6. The second-order valence-corrected chi connectivity index (χ2v) is 10.7. The number of carboxylic acids is 1. The average molecular weight is 591 g/mol. The highest BCUT2D eigenvalue weighted by Gasteiger charge is 2.32. The number of phenols is 2. The van der Waals surface area contributed by atoms with Crippen molar-refractivity contribution in [1.82, 2.24) is 16.0 Å². The van der Waals surface area contributed by atoms with Crippen LogP contribution in [0, 0.1) is 5.92 Å². The molecule has 0 aliphatic heterocycles. The summed E-state index contributed by atoms with van der Waals surface area (Å²) in [6.45, 7) is 3.41. The summed E-state index contributed by atoms with van der Waals surface area (Å²) in [6, 6.07) is 16.7. The summed E-state index contributed by atoms with van der Waals surface area (Å²) in [5, 5.41) is 36.8.